The van der Waals surface area contributed by atoms with E-state index in [0.717, 1.165) is 0 Å². The molecular weight excluding hydrogens is 461 g/mol. The van der Waals surface area contributed by atoms with E-state index in [1.807, 2.05) is 22.4 Å². The van der Waals surface area contributed by atoms with Gasteiger partial charge in [-0.05, 0) is 78.6 Å². The highest BCUT2D eigenvalue weighted by atomic mass is 32.1. The molecule has 1 fully saturated rings. The molecule has 1 aliphatic rings. The first-order valence-corrected chi connectivity index (χ1v) is 11.6. The third kappa shape index (κ3) is 5.20. The van der Waals surface area contributed by atoms with Gasteiger partial charge in [-0.2, -0.15) is 0 Å². The summed E-state index contributed by atoms with van der Waals surface area (Å²) in [5.74, 6) is -0.327. The summed E-state index contributed by atoms with van der Waals surface area (Å²) in [4.78, 5) is 30.6. The van der Waals surface area contributed by atoms with Gasteiger partial charge in [0.15, 0.2) is 5.11 Å². The summed E-state index contributed by atoms with van der Waals surface area (Å²) in [7, 11) is 1.57. The van der Waals surface area contributed by atoms with E-state index in [9.17, 15) is 14.0 Å². The van der Waals surface area contributed by atoms with Crippen LogP contribution in [0, 0.1) is 5.82 Å². The maximum absolute atomic E-state index is 13.4. The Balaban J connectivity index is 1.54. The fourth-order valence-electron chi connectivity index (χ4n) is 3.66. The van der Waals surface area contributed by atoms with Crippen molar-refractivity contribution >= 4 is 51.9 Å². The van der Waals surface area contributed by atoms with Gasteiger partial charge in [-0.1, -0.05) is 6.07 Å². The van der Waals surface area contributed by atoms with Crippen molar-refractivity contribution in [3.8, 4) is 5.75 Å². The van der Waals surface area contributed by atoms with Crippen LogP contribution in [0.25, 0.3) is 0 Å². The number of rotatable bonds is 8. The van der Waals surface area contributed by atoms with Crippen LogP contribution in [-0.4, -0.2) is 41.5 Å². The van der Waals surface area contributed by atoms with Crippen molar-refractivity contribution in [2.75, 3.05) is 23.9 Å². The number of hydrogen-bond donors (Lipinski definition) is 1. The van der Waals surface area contributed by atoms with E-state index in [1.54, 1.807) is 42.7 Å². The molecule has 4 rings (SSSR count). The van der Waals surface area contributed by atoms with E-state index < -0.39 is 6.04 Å². The predicted molar refractivity (Wildman–Crippen MR) is 131 cm³/mol. The van der Waals surface area contributed by atoms with Crippen molar-refractivity contribution in [2.45, 2.75) is 18.9 Å². The zero-order valence-electron chi connectivity index (χ0n) is 17.9. The lowest BCUT2D eigenvalue weighted by Crippen LogP contribution is -2.39. The number of thiocarbonyl (C=S) groups is 1. The van der Waals surface area contributed by atoms with Crippen LogP contribution < -0.4 is 15.0 Å². The minimum absolute atomic E-state index is 0.0759. The quantitative estimate of drug-likeness (QED) is 0.479. The normalized spacial score (nSPS) is 15.8. The Labute approximate surface area is 200 Å². The molecule has 9 heteroatoms. The molecular formula is C24H22FN3O3S2. The first-order chi connectivity index (χ1) is 16.0. The van der Waals surface area contributed by atoms with Gasteiger partial charge in [0.05, 0.1) is 19.2 Å². The molecule has 1 aliphatic heterocycles. The summed E-state index contributed by atoms with van der Waals surface area (Å²) in [5.41, 5.74) is 1.08. The van der Waals surface area contributed by atoms with E-state index in [0.29, 0.717) is 35.2 Å². The molecule has 2 aromatic carbocycles. The molecule has 0 spiro atoms. The maximum Gasteiger partial charge on any atom is 0.256 e. The summed E-state index contributed by atoms with van der Waals surface area (Å²) in [5, 5.41) is 5.09. The van der Waals surface area contributed by atoms with Crippen molar-refractivity contribution < 1.29 is 18.7 Å². The molecule has 1 atom stereocenters. The molecule has 0 bridgehead atoms. The van der Waals surface area contributed by atoms with Crippen LogP contribution in [0.3, 0.4) is 0 Å². The standard InChI is InChI=1S/C24H22FN3O3S2/c1-31-19-10-8-18(9-11-19)28-23(30)21(15-22(29)26-17-6-4-16(25)5-7-17)27(24(28)32)13-12-20-3-2-14-33-20/h2-11,14,21H,12-13,15H2,1H3,(H,26,29)/t21-/m0/s1. The van der Waals surface area contributed by atoms with Crippen LogP contribution in [0.4, 0.5) is 15.8 Å². The predicted octanol–water partition coefficient (Wildman–Crippen LogP) is 4.47. The van der Waals surface area contributed by atoms with Gasteiger partial charge in [-0.3, -0.25) is 14.5 Å². The largest absolute Gasteiger partial charge is 0.497 e. The highest BCUT2D eigenvalue weighted by molar-refractivity contribution is 7.80. The Morgan fingerprint density at radius 3 is 2.52 bits per heavy atom. The summed E-state index contributed by atoms with van der Waals surface area (Å²) < 4.78 is 18.4. The van der Waals surface area contributed by atoms with E-state index >= 15 is 0 Å². The summed E-state index contributed by atoms with van der Waals surface area (Å²) >= 11 is 7.32. The van der Waals surface area contributed by atoms with Crippen LogP contribution in [-0.2, 0) is 16.0 Å². The van der Waals surface area contributed by atoms with Gasteiger partial charge in [0.2, 0.25) is 5.91 Å². The van der Waals surface area contributed by atoms with Gasteiger partial charge in [0.1, 0.15) is 17.6 Å². The molecule has 2 amide bonds. The second-order valence-corrected chi connectivity index (χ2v) is 8.85. The molecule has 33 heavy (non-hydrogen) atoms. The molecule has 6 nitrogen and oxygen atoms in total. The number of hydrogen-bond acceptors (Lipinski definition) is 5. The van der Waals surface area contributed by atoms with E-state index in [4.69, 9.17) is 17.0 Å². The summed E-state index contributed by atoms with van der Waals surface area (Å²) in [6.45, 7) is 0.506. The summed E-state index contributed by atoms with van der Waals surface area (Å²) in [6.07, 6.45) is 0.630. The molecule has 170 valence electrons. The van der Waals surface area contributed by atoms with Crippen molar-refractivity contribution in [3.63, 3.8) is 0 Å². The lowest BCUT2D eigenvalue weighted by Gasteiger charge is -2.23. The Morgan fingerprint density at radius 2 is 1.88 bits per heavy atom. The highest BCUT2D eigenvalue weighted by Gasteiger charge is 2.43. The van der Waals surface area contributed by atoms with Crippen LogP contribution in [0.5, 0.6) is 5.75 Å². The van der Waals surface area contributed by atoms with Crippen LogP contribution in [0.1, 0.15) is 11.3 Å². The first-order valence-electron chi connectivity index (χ1n) is 10.3. The number of thiophene rings is 1. The number of benzene rings is 2. The van der Waals surface area contributed by atoms with Crippen LogP contribution in [0.2, 0.25) is 0 Å². The van der Waals surface area contributed by atoms with Gasteiger partial charge < -0.3 is 15.0 Å². The lowest BCUT2D eigenvalue weighted by atomic mass is 10.1. The van der Waals surface area contributed by atoms with Crippen LogP contribution in [0.15, 0.2) is 66.0 Å². The fourth-order valence-corrected chi connectivity index (χ4v) is 4.77. The van der Waals surface area contributed by atoms with Gasteiger partial charge in [-0.25, -0.2) is 4.39 Å². The minimum atomic E-state index is -0.736. The van der Waals surface area contributed by atoms with Crippen LogP contribution >= 0.6 is 23.6 Å². The van der Waals surface area contributed by atoms with Crippen molar-refractivity contribution in [3.05, 3.63) is 76.7 Å². The average molecular weight is 484 g/mol. The molecule has 2 heterocycles. The third-order valence-electron chi connectivity index (χ3n) is 5.34. The minimum Gasteiger partial charge on any atom is -0.497 e. The molecule has 0 unspecified atom stereocenters. The number of halogens is 1. The van der Waals surface area contributed by atoms with Gasteiger partial charge in [-0.15, -0.1) is 11.3 Å². The molecule has 0 aliphatic carbocycles. The number of anilines is 2. The zero-order chi connectivity index (χ0) is 23.4. The Kier molecular flexibility index (Phi) is 7.00. The highest BCUT2D eigenvalue weighted by Crippen LogP contribution is 2.29. The van der Waals surface area contributed by atoms with Crippen molar-refractivity contribution in [2.24, 2.45) is 0 Å². The Bertz CT molecular complexity index is 1130. The number of carbonyl (C=O) groups excluding carboxylic acids is 2. The number of amides is 2. The lowest BCUT2D eigenvalue weighted by molar-refractivity contribution is -0.124. The Hall–Kier alpha value is -3.30. The second kappa shape index (κ2) is 10.1. The van der Waals surface area contributed by atoms with Gasteiger partial charge >= 0.3 is 0 Å². The second-order valence-electron chi connectivity index (χ2n) is 7.45. The summed E-state index contributed by atoms with van der Waals surface area (Å²) in [6, 6.07) is 15.8. The molecule has 0 radical (unpaired) electrons. The van der Waals surface area contributed by atoms with Crippen molar-refractivity contribution in [1.29, 1.82) is 0 Å². The van der Waals surface area contributed by atoms with E-state index in [2.05, 4.69) is 5.32 Å². The zero-order valence-corrected chi connectivity index (χ0v) is 19.5. The number of carbonyl (C=O) groups is 2. The Morgan fingerprint density at radius 1 is 1.15 bits per heavy atom. The molecule has 3 aromatic rings. The number of nitrogens with one attached hydrogen (secondary N) is 1. The molecule has 1 N–H and O–H groups in total. The maximum atomic E-state index is 13.4. The smallest absolute Gasteiger partial charge is 0.256 e. The fraction of sp³-hybridized carbons (Fsp3) is 0.208. The molecule has 1 saturated heterocycles. The van der Waals surface area contributed by atoms with E-state index in [-0.39, 0.29) is 24.1 Å². The molecule has 0 saturated carbocycles. The average Bonchev–Trinajstić information content (AvgIpc) is 3.41. The number of nitrogens with zero attached hydrogens (tertiary/aromatic N) is 2. The van der Waals surface area contributed by atoms with Gasteiger partial charge in [0.25, 0.3) is 5.91 Å². The first kappa shape index (κ1) is 22.9. The monoisotopic (exact) mass is 483 g/mol. The van der Waals surface area contributed by atoms with Crippen molar-refractivity contribution in [1.82, 2.24) is 4.90 Å². The topological polar surface area (TPSA) is 61.9 Å². The third-order valence-corrected chi connectivity index (χ3v) is 6.69. The van der Waals surface area contributed by atoms with E-state index in [1.165, 1.54) is 34.0 Å². The van der Waals surface area contributed by atoms with Gasteiger partial charge in [0, 0.05) is 17.1 Å². The number of methoxy groups -OCH3 is 1. The number of ether oxygens (including phenoxy) is 1. The molecule has 1 aromatic heterocycles. The SMILES string of the molecule is COc1ccc(N2C(=O)[C@H](CC(=O)Nc3ccc(F)cc3)N(CCc3cccs3)C2=S)cc1.